The fourth-order valence-corrected chi connectivity index (χ4v) is 1.86. The molecule has 100 valence electrons. The first-order valence-electron chi connectivity index (χ1n) is 6.17. The number of benzene rings is 1. The molecule has 0 aromatic heterocycles. The van der Waals surface area contributed by atoms with E-state index in [1.807, 2.05) is 6.92 Å². The van der Waals surface area contributed by atoms with Gasteiger partial charge in [0, 0.05) is 0 Å². The molecule has 0 aliphatic heterocycles. The Morgan fingerprint density at radius 2 is 2.11 bits per heavy atom. The Hall–Kier alpha value is -1.71. The zero-order valence-corrected chi connectivity index (χ0v) is 11.1. The van der Waals surface area contributed by atoms with Crippen molar-refractivity contribution in [1.29, 1.82) is 0 Å². The van der Waals surface area contributed by atoms with Gasteiger partial charge in [0.15, 0.2) is 11.5 Å². The minimum Gasteiger partial charge on any atom is -0.504 e. The lowest BCUT2D eigenvalue weighted by Crippen LogP contribution is -2.16. The van der Waals surface area contributed by atoms with E-state index in [0.29, 0.717) is 18.8 Å². The smallest absolute Gasteiger partial charge is 0.313 e. The molecule has 0 bridgehead atoms. The first-order chi connectivity index (χ1) is 8.63. The van der Waals surface area contributed by atoms with E-state index in [2.05, 4.69) is 0 Å². The summed E-state index contributed by atoms with van der Waals surface area (Å²) in [6.45, 7) is 4.18. The van der Waals surface area contributed by atoms with Gasteiger partial charge in [-0.1, -0.05) is 19.4 Å². The Bertz CT molecular complexity index is 401. The Labute approximate surface area is 108 Å². The average Bonchev–Trinajstić information content (AvgIpc) is 2.37. The molecule has 1 N–H and O–H groups in total. The van der Waals surface area contributed by atoms with E-state index in [1.54, 1.807) is 19.1 Å². The van der Waals surface area contributed by atoms with Gasteiger partial charge in [-0.05, 0) is 31.0 Å². The highest BCUT2D eigenvalue weighted by molar-refractivity contribution is 5.78. The second-order valence-electron chi connectivity index (χ2n) is 4.02. The molecule has 4 nitrogen and oxygen atoms in total. The van der Waals surface area contributed by atoms with E-state index in [1.165, 1.54) is 13.2 Å². The van der Waals surface area contributed by atoms with Crippen LogP contribution in [0.25, 0.3) is 0 Å². The van der Waals surface area contributed by atoms with Gasteiger partial charge in [0.2, 0.25) is 0 Å². The third-order valence-electron chi connectivity index (χ3n) is 2.75. The van der Waals surface area contributed by atoms with E-state index in [0.717, 1.165) is 12.0 Å². The highest BCUT2D eigenvalue weighted by atomic mass is 16.5. The summed E-state index contributed by atoms with van der Waals surface area (Å²) in [6, 6.07) is 4.96. The summed E-state index contributed by atoms with van der Waals surface area (Å²) in [7, 11) is 1.48. The van der Waals surface area contributed by atoms with Crippen molar-refractivity contribution in [2.75, 3.05) is 13.7 Å². The van der Waals surface area contributed by atoms with Crippen molar-refractivity contribution in [3.05, 3.63) is 23.8 Å². The molecular weight excluding hydrogens is 232 g/mol. The largest absolute Gasteiger partial charge is 0.504 e. The zero-order valence-electron chi connectivity index (χ0n) is 11.1. The number of hydrogen-bond acceptors (Lipinski definition) is 4. The number of methoxy groups -OCH3 is 1. The Morgan fingerprint density at radius 3 is 2.67 bits per heavy atom. The molecule has 1 atom stereocenters. The van der Waals surface area contributed by atoms with Crippen molar-refractivity contribution in [1.82, 2.24) is 0 Å². The summed E-state index contributed by atoms with van der Waals surface area (Å²) in [4.78, 5) is 11.9. The third kappa shape index (κ3) is 3.39. The number of aromatic hydroxyl groups is 1. The molecule has 4 heteroatoms. The van der Waals surface area contributed by atoms with Crippen LogP contribution in [0.15, 0.2) is 18.2 Å². The maximum atomic E-state index is 11.9. The maximum Gasteiger partial charge on any atom is 0.313 e. The third-order valence-corrected chi connectivity index (χ3v) is 2.75. The highest BCUT2D eigenvalue weighted by Crippen LogP contribution is 2.32. The highest BCUT2D eigenvalue weighted by Gasteiger charge is 2.22. The fourth-order valence-electron chi connectivity index (χ4n) is 1.86. The second kappa shape index (κ2) is 6.89. The molecule has 0 spiro atoms. The maximum absolute atomic E-state index is 11.9. The van der Waals surface area contributed by atoms with Gasteiger partial charge in [-0.25, -0.2) is 0 Å². The van der Waals surface area contributed by atoms with Gasteiger partial charge in [-0.15, -0.1) is 0 Å². The molecule has 0 saturated carbocycles. The number of hydrogen-bond donors (Lipinski definition) is 1. The average molecular weight is 252 g/mol. The van der Waals surface area contributed by atoms with Crippen LogP contribution in [0.4, 0.5) is 0 Å². The van der Waals surface area contributed by atoms with Crippen molar-refractivity contribution in [3.8, 4) is 11.5 Å². The van der Waals surface area contributed by atoms with Crippen LogP contribution < -0.4 is 4.74 Å². The summed E-state index contributed by atoms with van der Waals surface area (Å²) in [5.74, 6) is -0.0881. The zero-order chi connectivity index (χ0) is 13.5. The number of ether oxygens (including phenoxy) is 2. The van der Waals surface area contributed by atoms with Crippen LogP contribution in [0, 0.1) is 0 Å². The van der Waals surface area contributed by atoms with E-state index < -0.39 is 0 Å². The topological polar surface area (TPSA) is 55.8 Å². The van der Waals surface area contributed by atoms with Crippen molar-refractivity contribution >= 4 is 5.97 Å². The lowest BCUT2D eigenvalue weighted by molar-refractivity contribution is -0.145. The molecule has 0 radical (unpaired) electrons. The van der Waals surface area contributed by atoms with Crippen molar-refractivity contribution in [2.24, 2.45) is 0 Å². The van der Waals surface area contributed by atoms with Gasteiger partial charge in [0.05, 0.1) is 19.6 Å². The van der Waals surface area contributed by atoms with Crippen LogP contribution >= 0.6 is 0 Å². The summed E-state index contributed by atoms with van der Waals surface area (Å²) in [5, 5.41) is 9.55. The predicted molar refractivity (Wildman–Crippen MR) is 68.9 cm³/mol. The first kappa shape index (κ1) is 14.4. The minimum atomic E-state index is -0.301. The molecule has 1 unspecified atom stereocenters. The van der Waals surface area contributed by atoms with Gasteiger partial charge in [-0.2, -0.15) is 0 Å². The van der Waals surface area contributed by atoms with Crippen LogP contribution in [0.5, 0.6) is 11.5 Å². The minimum absolute atomic E-state index is 0.0698. The van der Waals surface area contributed by atoms with Crippen LogP contribution in [-0.4, -0.2) is 24.8 Å². The fraction of sp³-hybridized carbons (Fsp3) is 0.500. The monoisotopic (exact) mass is 252 g/mol. The summed E-state index contributed by atoms with van der Waals surface area (Å²) >= 11 is 0. The standard InChI is InChI=1S/C14H20O4/c1-4-6-11(14(16)18-5-2)10-7-8-12(15)13(9-10)17-3/h7-9,11,15H,4-6H2,1-3H3. The molecule has 1 aromatic rings. The molecule has 1 rings (SSSR count). The van der Waals surface area contributed by atoms with E-state index >= 15 is 0 Å². The van der Waals surface area contributed by atoms with E-state index in [9.17, 15) is 9.90 Å². The van der Waals surface area contributed by atoms with Crippen LogP contribution in [-0.2, 0) is 9.53 Å². The molecule has 0 heterocycles. The van der Waals surface area contributed by atoms with Gasteiger partial charge in [0.1, 0.15) is 0 Å². The number of carbonyl (C=O) groups is 1. The number of rotatable bonds is 6. The SMILES string of the molecule is CCCC(C(=O)OCC)c1ccc(O)c(OC)c1. The number of esters is 1. The van der Waals surface area contributed by atoms with Gasteiger partial charge >= 0.3 is 5.97 Å². The molecule has 0 aliphatic carbocycles. The quantitative estimate of drug-likeness (QED) is 0.791. The predicted octanol–water partition coefficient (Wildman–Crippen LogP) is 2.85. The normalized spacial score (nSPS) is 11.9. The number of phenolic OH excluding ortho intramolecular Hbond substituents is 1. The van der Waals surface area contributed by atoms with E-state index in [4.69, 9.17) is 9.47 Å². The van der Waals surface area contributed by atoms with Crippen LogP contribution in [0.2, 0.25) is 0 Å². The Morgan fingerprint density at radius 1 is 1.39 bits per heavy atom. The second-order valence-corrected chi connectivity index (χ2v) is 4.02. The molecule has 0 saturated heterocycles. The van der Waals surface area contributed by atoms with Gasteiger partial charge in [-0.3, -0.25) is 4.79 Å². The number of phenols is 1. The molecule has 0 fully saturated rings. The lowest BCUT2D eigenvalue weighted by Gasteiger charge is -2.16. The molecular formula is C14H20O4. The van der Waals surface area contributed by atoms with Crippen LogP contribution in [0.3, 0.4) is 0 Å². The summed E-state index contributed by atoms with van der Waals surface area (Å²) in [6.07, 6.45) is 1.60. The van der Waals surface area contributed by atoms with Crippen molar-refractivity contribution in [3.63, 3.8) is 0 Å². The van der Waals surface area contributed by atoms with Gasteiger partial charge in [0.25, 0.3) is 0 Å². The van der Waals surface area contributed by atoms with Gasteiger partial charge < -0.3 is 14.6 Å². The summed E-state index contributed by atoms with van der Waals surface area (Å²) < 4.78 is 10.1. The molecule has 1 aromatic carbocycles. The van der Waals surface area contributed by atoms with Crippen molar-refractivity contribution < 1.29 is 19.4 Å². The molecule has 0 aliphatic rings. The van der Waals surface area contributed by atoms with Crippen LogP contribution in [0.1, 0.15) is 38.2 Å². The summed E-state index contributed by atoms with van der Waals surface area (Å²) in [5.41, 5.74) is 0.810. The Balaban J connectivity index is 3.01. The van der Waals surface area contributed by atoms with Crippen molar-refractivity contribution in [2.45, 2.75) is 32.6 Å². The Kier molecular flexibility index (Phi) is 5.49. The molecule has 18 heavy (non-hydrogen) atoms. The first-order valence-corrected chi connectivity index (χ1v) is 6.17. The molecule has 0 amide bonds. The lowest BCUT2D eigenvalue weighted by atomic mass is 9.94. The van der Waals surface area contributed by atoms with E-state index in [-0.39, 0.29) is 17.6 Å². The number of carbonyl (C=O) groups excluding carboxylic acids is 1.